The third kappa shape index (κ3) is 2.18. The number of aromatic amines is 1. The molecule has 1 aliphatic rings. The molecular formula is C14H12F2N2S. The number of H-pyrrole nitrogens is 1. The van der Waals surface area contributed by atoms with Crippen LogP contribution in [0.5, 0.6) is 0 Å². The van der Waals surface area contributed by atoms with E-state index < -0.39 is 11.6 Å². The molecule has 0 amide bonds. The normalized spacial score (nSPS) is 14.7. The van der Waals surface area contributed by atoms with E-state index in [9.17, 15) is 8.78 Å². The fourth-order valence-electron chi connectivity index (χ4n) is 2.07. The number of nitrogens with one attached hydrogen (secondary N) is 1. The van der Waals surface area contributed by atoms with Gasteiger partial charge in [0.05, 0.1) is 5.69 Å². The molecule has 19 heavy (non-hydrogen) atoms. The smallest absolute Gasteiger partial charge is 0.168 e. The van der Waals surface area contributed by atoms with Gasteiger partial charge in [-0.1, -0.05) is 18.3 Å². The van der Waals surface area contributed by atoms with Crippen LogP contribution in [0.25, 0.3) is 11.3 Å². The molecule has 98 valence electrons. The minimum Gasteiger partial charge on any atom is -0.343 e. The zero-order valence-corrected chi connectivity index (χ0v) is 11.2. The summed E-state index contributed by atoms with van der Waals surface area (Å²) in [6.07, 6.45) is 2.12. The van der Waals surface area contributed by atoms with Crippen molar-refractivity contribution in [2.75, 3.05) is 0 Å². The molecule has 1 N–H and O–H groups in total. The largest absolute Gasteiger partial charge is 0.343 e. The average Bonchev–Trinajstić information content (AvgIpc) is 3.20. The lowest BCUT2D eigenvalue weighted by atomic mass is 10.1. The summed E-state index contributed by atoms with van der Waals surface area (Å²) in [4.78, 5) is 7.43. The molecule has 0 saturated heterocycles. The van der Waals surface area contributed by atoms with Crippen LogP contribution < -0.4 is 0 Å². The van der Waals surface area contributed by atoms with Crippen molar-refractivity contribution in [3.05, 3.63) is 45.9 Å². The molecule has 1 fully saturated rings. The van der Waals surface area contributed by atoms with Gasteiger partial charge in [-0.05, 0) is 31.9 Å². The Hall–Kier alpha value is -1.62. The first-order valence-corrected chi connectivity index (χ1v) is 6.54. The summed E-state index contributed by atoms with van der Waals surface area (Å²) in [6.45, 7) is 1.77. The summed E-state index contributed by atoms with van der Waals surface area (Å²) in [5.74, 6) is -0.572. The maximum atomic E-state index is 13.9. The van der Waals surface area contributed by atoms with Crippen LogP contribution >= 0.6 is 12.2 Å². The Bertz CT molecular complexity index is 705. The predicted octanol–water partition coefficient (Wildman–Crippen LogP) is 4.27. The van der Waals surface area contributed by atoms with Crippen LogP contribution in [0, 0.1) is 23.2 Å². The molecular weight excluding hydrogens is 266 g/mol. The van der Waals surface area contributed by atoms with Crippen molar-refractivity contribution in [2.24, 2.45) is 0 Å². The van der Waals surface area contributed by atoms with Gasteiger partial charge in [-0.25, -0.2) is 13.8 Å². The summed E-state index contributed by atoms with van der Waals surface area (Å²) in [5.41, 5.74) is 1.40. The molecule has 3 rings (SSSR count). The van der Waals surface area contributed by atoms with E-state index in [0.29, 0.717) is 21.8 Å². The molecule has 1 aromatic carbocycles. The Morgan fingerprint density at radius 2 is 2.05 bits per heavy atom. The lowest BCUT2D eigenvalue weighted by Gasteiger charge is -2.10. The van der Waals surface area contributed by atoms with E-state index in [2.05, 4.69) is 9.97 Å². The third-order valence-corrected chi connectivity index (χ3v) is 3.75. The van der Waals surface area contributed by atoms with Crippen molar-refractivity contribution in [1.29, 1.82) is 0 Å². The number of nitrogens with zero attached hydrogens (tertiary/aromatic N) is 1. The van der Waals surface area contributed by atoms with Crippen LogP contribution in [0.2, 0.25) is 0 Å². The van der Waals surface area contributed by atoms with Crippen LogP contribution in [0.1, 0.15) is 30.1 Å². The van der Waals surface area contributed by atoms with Crippen LogP contribution in [-0.2, 0) is 0 Å². The van der Waals surface area contributed by atoms with Crippen molar-refractivity contribution in [1.82, 2.24) is 9.97 Å². The molecule has 1 heterocycles. The molecule has 2 aromatic rings. The first-order valence-electron chi connectivity index (χ1n) is 6.13. The molecule has 0 radical (unpaired) electrons. The van der Waals surface area contributed by atoms with Crippen molar-refractivity contribution >= 4 is 12.2 Å². The summed E-state index contributed by atoms with van der Waals surface area (Å²) in [6, 6.07) is 4.13. The van der Waals surface area contributed by atoms with E-state index >= 15 is 0 Å². The Morgan fingerprint density at radius 1 is 1.32 bits per heavy atom. The van der Waals surface area contributed by atoms with Crippen molar-refractivity contribution in [2.45, 2.75) is 25.7 Å². The second-order valence-corrected chi connectivity index (χ2v) is 5.19. The SMILES string of the molecule is Cc1c(-c2cccc(F)c2F)[nH]c(C2CC2)nc1=S. The van der Waals surface area contributed by atoms with Crippen LogP contribution in [-0.4, -0.2) is 9.97 Å². The number of halogens is 2. The van der Waals surface area contributed by atoms with Gasteiger partial charge in [0.1, 0.15) is 10.5 Å². The zero-order valence-electron chi connectivity index (χ0n) is 10.3. The Kier molecular flexibility index (Phi) is 2.93. The Balaban J connectivity index is 2.23. The molecule has 0 atom stereocenters. The predicted molar refractivity (Wildman–Crippen MR) is 71.5 cm³/mol. The number of aromatic nitrogens is 2. The molecule has 0 unspecified atom stereocenters. The number of hydrogen-bond donors (Lipinski definition) is 1. The quantitative estimate of drug-likeness (QED) is 0.831. The molecule has 0 aliphatic heterocycles. The van der Waals surface area contributed by atoms with Gasteiger partial charge in [-0.2, -0.15) is 0 Å². The van der Waals surface area contributed by atoms with Crippen LogP contribution in [0.4, 0.5) is 8.78 Å². The maximum absolute atomic E-state index is 13.9. The van der Waals surface area contributed by atoms with Gasteiger partial charge in [0.2, 0.25) is 0 Å². The van der Waals surface area contributed by atoms with Crippen LogP contribution in [0.15, 0.2) is 18.2 Å². The highest BCUT2D eigenvalue weighted by Crippen LogP contribution is 2.39. The molecule has 1 aliphatic carbocycles. The molecule has 1 aromatic heterocycles. The fraction of sp³-hybridized carbons (Fsp3) is 0.286. The minimum absolute atomic E-state index is 0.202. The number of hydrogen-bond acceptors (Lipinski definition) is 2. The van der Waals surface area contributed by atoms with Gasteiger partial charge in [0.15, 0.2) is 11.6 Å². The summed E-state index contributed by atoms with van der Waals surface area (Å²) in [7, 11) is 0. The lowest BCUT2D eigenvalue weighted by molar-refractivity contribution is 0.511. The van der Waals surface area contributed by atoms with Gasteiger partial charge in [0.25, 0.3) is 0 Å². The summed E-state index contributed by atoms with van der Waals surface area (Å²) >= 11 is 5.20. The molecule has 2 nitrogen and oxygen atoms in total. The van der Waals surface area contributed by atoms with E-state index in [-0.39, 0.29) is 5.56 Å². The molecule has 5 heteroatoms. The van der Waals surface area contributed by atoms with Crippen molar-refractivity contribution < 1.29 is 8.78 Å². The lowest BCUT2D eigenvalue weighted by Crippen LogP contribution is -2.01. The topological polar surface area (TPSA) is 28.7 Å². The van der Waals surface area contributed by atoms with Crippen LogP contribution in [0.3, 0.4) is 0 Å². The second kappa shape index (κ2) is 4.49. The molecule has 0 bridgehead atoms. The highest BCUT2D eigenvalue weighted by molar-refractivity contribution is 7.71. The van der Waals surface area contributed by atoms with Crippen molar-refractivity contribution in [3.8, 4) is 11.3 Å². The third-order valence-electron chi connectivity index (χ3n) is 3.36. The minimum atomic E-state index is -0.860. The zero-order chi connectivity index (χ0) is 13.6. The Morgan fingerprint density at radius 3 is 2.74 bits per heavy atom. The molecule has 1 saturated carbocycles. The number of rotatable bonds is 2. The maximum Gasteiger partial charge on any atom is 0.168 e. The number of benzene rings is 1. The average molecular weight is 278 g/mol. The highest BCUT2D eigenvalue weighted by atomic mass is 32.1. The van der Waals surface area contributed by atoms with E-state index in [1.807, 2.05) is 0 Å². The fourth-order valence-corrected chi connectivity index (χ4v) is 2.27. The standard InChI is InChI=1S/C14H12F2N2S/c1-7-12(9-3-2-4-10(15)11(9)16)17-13(8-5-6-8)18-14(7)19/h2-4,8H,5-6H2,1H3,(H,17,18,19). The first-order chi connectivity index (χ1) is 9.08. The monoisotopic (exact) mass is 278 g/mol. The summed E-state index contributed by atoms with van der Waals surface area (Å²) < 4.78 is 27.7. The van der Waals surface area contributed by atoms with Gasteiger partial charge in [-0.15, -0.1) is 0 Å². The molecule has 0 spiro atoms. The van der Waals surface area contributed by atoms with E-state index in [4.69, 9.17) is 12.2 Å². The van der Waals surface area contributed by atoms with E-state index in [0.717, 1.165) is 24.7 Å². The van der Waals surface area contributed by atoms with Gasteiger partial charge >= 0.3 is 0 Å². The first kappa shape index (κ1) is 12.4. The highest BCUT2D eigenvalue weighted by Gasteiger charge is 2.27. The van der Waals surface area contributed by atoms with Gasteiger partial charge in [0, 0.05) is 17.0 Å². The van der Waals surface area contributed by atoms with Gasteiger partial charge in [-0.3, -0.25) is 0 Å². The summed E-state index contributed by atoms with van der Waals surface area (Å²) in [5, 5.41) is 0. The van der Waals surface area contributed by atoms with Gasteiger partial charge < -0.3 is 4.98 Å². The second-order valence-electron chi connectivity index (χ2n) is 4.80. The Labute approximate surface area is 114 Å². The van der Waals surface area contributed by atoms with E-state index in [1.54, 1.807) is 13.0 Å². The van der Waals surface area contributed by atoms with E-state index in [1.165, 1.54) is 6.07 Å². The van der Waals surface area contributed by atoms with Crippen molar-refractivity contribution in [3.63, 3.8) is 0 Å².